The van der Waals surface area contributed by atoms with Crippen molar-refractivity contribution in [3.8, 4) is 0 Å². The van der Waals surface area contributed by atoms with Crippen LogP contribution in [0.1, 0.15) is 13.8 Å². The summed E-state index contributed by atoms with van der Waals surface area (Å²) in [5.74, 6) is 0. The van der Waals surface area contributed by atoms with Crippen molar-refractivity contribution < 1.29 is 78.9 Å². The molecular weight excluding hydrogens is 439 g/mol. The van der Waals surface area contributed by atoms with Gasteiger partial charge in [-0.15, -0.1) is 0 Å². The van der Waals surface area contributed by atoms with Gasteiger partial charge in [0.1, 0.15) is 0 Å². The van der Waals surface area contributed by atoms with Crippen LogP contribution in [0.25, 0.3) is 0 Å². The van der Waals surface area contributed by atoms with E-state index in [2.05, 4.69) is 0 Å². The van der Waals surface area contributed by atoms with Crippen LogP contribution in [0, 0.1) is 0 Å². The van der Waals surface area contributed by atoms with E-state index in [9.17, 15) is 0 Å². The third-order valence-corrected chi connectivity index (χ3v) is 0. The predicted octanol–water partition coefficient (Wildman–Crippen LogP) is -0.793. The first-order valence-corrected chi connectivity index (χ1v) is 2.94. The summed E-state index contributed by atoms with van der Waals surface area (Å²) in [6, 6.07) is 0. The molecule has 0 aromatic rings. The first-order valence-electron chi connectivity index (χ1n) is 2.94. The van der Waals surface area contributed by atoms with Crippen molar-refractivity contribution >= 4 is 0 Å². The molecule has 0 bridgehead atoms. The minimum absolute atomic E-state index is 0. The second-order valence-electron chi connectivity index (χ2n) is 0.632. The minimum Gasteiger partial charge on any atom is -0.400 e. The third kappa shape index (κ3) is 643. The van der Waals surface area contributed by atoms with E-state index in [0.717, 1.165) is 14.2 Å². The van der Waals surface area contributed by atoms with E-state index >= 15 is 0 Å². The van der Waals surface area contributed by atoms with Crippen LogP contribution >= 0.6 is 0 Å². The fourth-order valence-electron chi connectivity index (χ4n) is 0. The zero-order valence-electron chi connectivity index (χ0n) is 8.26. The van der Waals surface area contributed by atoms with E-state index in [1.54, 1.807) is 13.8 Å². The second-order valence-corrected chi connectivity index (χ2v) is 0.632. The van der Waals surface area contributed by atoms with Gasteiger partial charge < -0.3 is 20.4 Å². The maximum Gasteiger partial charge on any atom is 0.0402 e. The van der Waals surface area contributed by atoms with Gasteiger partial charge in [0.15, 0.2) is 0 Å². The first kappa shape index (κ1) is 46.5. The van der Waals surface area contributed by atoms with Crippen LogP contribution in [0.15, 0.2) is 0 Å². The van der Waals surface area contributed by atoms with Gasteiger partial charge >= 0.3 is 0 Å². The summed E-state index contributed by atoms with van der Waals surface area (Å²) >= 11 is 0. The Hall–Kier alpha value is 1.71. The van der Waals surface area contributed by atoms with Crippen molar-refractivity contribution in [3.63, 3.8) is 0 Å². The standard InChI is InChI=1S/2C2H6O.2CH4O.3Ru/c2*1-2-3;2*1-2;;;/h2*3H,2H2,1H3;2*2H,1H3;;;. The summed E-state index contributed by atoms with van der Waals surface area (Å²) in [5, 5.41) is 29.1. The van der Waals surface area contributed by atoms with Gasteiger partial charge in [0.2, 0.25) is 0 Å². The summed E-state index contributed by atoms with van der Waals surface area (Å²) in [6.45, 7) is 3.86. The molecule has 4 nitrogen and oxygen atoms in total. The number of aliphatic hydroxyl groups is 4. The van der Waals surface area contributed by atoms with Crippen molar-refractivity contribution in [2.45, 2.75) is 13.8 Å². The van der Waals surface area contributed by atoms with Crippen LogP contribution in [0.4, 0.5) is 0 Å². The van der Waals surface area contributed by atoms with Crippen LogP contribution < -0.4 is 0 Å². The van der Waals surface area contributed by atoms with E-state index in [4.69, 9.17) is 20.4 Å². The zero-order chi connectivity index (χ0) is 9.41. The Morgan fingerprint density at radius 3 is 0.615 bits per heavy atom. The maximum absolute atomic E-state index is 7.57. The Morgan fingerprint density at radius 1 is 0.615 bits per heavy atom. The van der Waals surface area contributed by atoms with Gasteiger partial charge in [-0.05, 0) is 13.8 Å². The minimum atomic E-state index is 0. The molecule has 0 fully saturated rings. The summed E-state index contributed by atoms with van der Waals surface area (Å²) in [7, 11) is 2.00. The summed E-state index contributed by atoms with van der Waals surface area (Å²) in [6.07, 6.45) is 0. The molecule has 13 heavy (non-hydrogen) atoms. The van der Waals surface area contributed by atoms with E-state index in [-0.39, 0.29) is 71.6 Å². The first-order chi connectivity index (χ1) is 4.83. The van der Waals surface area contributed by atoms with Crippen LogP contribution in [0.3, 0.4) is 0 Å². The average molecular weight is 459 g/mol. The topological polar surface area (TPSA) is 80.9 Å². The van der Waals surface area contributed by atoms with E-state index in [1.165, 1.54) is 0 Å². The summed E-state index contributed by atoms with van der Waals surface area (Å²) < 4.78 is 0. The molecule has 0 aromatic heterocycles. The van der Waals surface area contributed by atoms with Crippen molar-refractivity contribution in [2.24, 2.45) is 0 Å². The van der Waals surface area contributed by atoms with Crippen molar-refractivity contribution in [3.05, 3.63) is 0 Å². The quantitative estimate of drug-likeness (QED) is 0.358. The molecule has 7 heteroatoms. The molecule has 0 aliphatic heterocycles. The molecular formula is C6H20O4Ru3. The Bertz CT molecular complexity index is 21.8. The van der Waals surface area contributed by atoms with Gasteiger partial charge in [-0.2, -0.15) is 0 Å². The van der Waals surface area contributed by atoms with Crippen LogP contribution in [-0.2, 0) is 58.4 Å². The molecule has 0 aliphatic carbocycles. The molecule has 0 saturated heterocycles. The predicted molar refractivity (Wildman–Crippen MR) is 41.8 cm³/mol. The normalized spacial score (nSPS) is 3.69. The van der Waals surface area contributed by atoms with Crippen LogP contribution in [-0.4, -0.2) is 47.9 Å². The SMILES string of the molecule is CCO.CCO.CO.CO.[Ru].[Ru].[Ru]. The van der Waals surface area contributed by atoms with E-state index in [0.29, 0.717) is 0 Å². The number of aliphatic hydroxyl groups excluding tert-OH is 4. The van der Waals surface area contributed by atoms with Gasteiger partial charge in [-0.1, -0.05) is 0 Å². The fraction of sp³-hybridized carbons (Fsp3) is 1.00. The number of hydrogen-bond donors (Lipinski definition) is 4. The fourth-order valence-corrected chi connectivity index (χ4v) is 0. The smallest absolute Gasteiger partial charge is 0.0402 e. The van der Waals surface area contributed by atoms with Gasteiger partial charge in [-0.25, -0.2) is 0 Å². The van der Waals surface area contributed by atoms with Gasteiger partial charge in [0, 0.05) is 85.9 Å². The monoisotopic (exact) mass is 462 g/mol. The summed E-state index contributed by atoms with van der Waals surface area (Å²) in [5.41, 5.74) is 0. The van der Waals surface area contributed by atoms with Gasteiger partial charge in [-0.3, -0.25) is 0 Å². The molecule has 0 aliphatic rings. The van der Waals surface area contributed by atoms with Gasteiger partial charge in [0.05, 0.1) is 0 Å². The Morgan fingerprint density at radius 2 is 0.615 bits per heavy atom. The molecule has 0 aromatic carbocycles. The molecule has 0 spiro atoms. The van der Waals surface area contributed by atoms with Crippen LogP contribution in [0.5, 0.6) is 0 Å². The molecule has 0 unspecified atom stereocenters. The molecule has 0 radical (unpaired) electrons. The van der Waals surface area contributed by atoms with Crippen molar-refractivity contribution in [2.75, 3.05) is 27.4 Å². The maximum atomic E-state index is 7.57. The van der Waals surface area contributed by atoms with E-state index in [1.807, 2.05) is 0 Å². The van der Waals surface area contributed by atoms with Crippen molar-refractivity contribution in [1.82, 2.24) is 0 Å². The number of rotatable bonds is 0. The van der Waals surface area contributed by atoms with E-state index < -0.39 is 0 Å². The molecule has 0 saturated carbocycles. The molecule has 0 rings (SSSR count). The number of hydrogen-bond acceptors (Lipinski definition) is 4. The molecule has 0 heterocycles. The molecule has 0 atom stereocenters. The second kappa shape index (κ2) is 161. The molecule has 4 N–H and O–H groups in total. The Balaban J connectivity index is -0.00000000698. The molecule has 92 valence electrons. The Labute approximate surface area is 119 Å². The average Bonchev–Trinajstić information content (AvgIpc) is 1.99. The third-order valence-electron chi connectivity index (χ3n) is 0. The summed E-state index contributed by atoms with van der Waals surface area (Å²) in [4.78, 5) is 0. The Kier molecular flexibility index (Phi) is 576. The van der Waals surface area contributed by atoms with Crippen molar-refractivity contribution in [1.29, 1.82) is 0 Å². The van der Waals surface area contributed by atoms with Gasteiger partial charge in [0.25, 0.3) is 0 Å². The largest absolute Gasteiger partial charge is 0.400 e. The zero-order valence-corrected chi connectivity index (χ0v) is 13.5. The van der Waals surface area contributed by atoms with Crippen LogP contribution in [0.2, 0.25) is 0 Å². The molecule has 0 amide bonds.